The van der Waals surface area contributed by atoms with Gasteiger partial charge in [-0.15, -0.1) is 0 Å². The number of nitriles is 1. The fourth-order valence-electron chi connectivity index (χ4n) is 3.16. The Balaban J connectivity index is 1.76. The average molecular weight is 353 g/mol. The standard InChI is InChI=1S/C20H23N3OS/c1-2-15-7-8-18-16(11-15)12-17(13-21)20(22-18)25-14-19(24)23-9-5-3-4-6-10-23/h7-8,11-12H,2-6,9-10,14H2,1H3. The third kappa shape index (κ3) is 4.32. The molecule has 0 atom stereocenters. The summed E-state index contributed by atoms with van der Waals surface area (Å²) < 4.78 is 0. The zero-order valence-electron chi connectivity index (χ0n) is 14.6. The molecule has 1 aliphatic rings. The number of pyridine rings is 1. The fraction of sp³-hybridized carbons (Fsp3) is 0.450. The number of likely N-dealkylation sites (tertiary alicyclic amines) is 1. The third-order valence-electron chi connectivity index (χ3n) is 4.66. The molecule has 1 aromatic carbocycles. The van der Waals surface area contributed by atoms with Crippen molar-refractivity contribution in [1.29, 1.82) is 5.26 Å². The van der Waals surface area contributed by atoms with E-state index in [0.717, 1.165) is 43.3 Å². The van der Waals surface area contributed by atoms with Crippen LogP contribution in [0, 0.1) is 11.3 Å². The lowest BCUT2D eigenvalue weighted by Gasteiger charge is -2.20. The van der Waals surface area contributed by atoms with Crippen LogP contribution in [-0.4, -0.2) is 34.6 Å². The van der Waals surface area contributed by atoms with Gasteiger partial charge in [-0.05, 0) is 43.0 Å². The number of carbonyl (C=O) groups excluding carboxylic acids is 1. The summed E-state index contributed by atoms with van der Waals surface area (Å²) in [6.45, 7) is 3.82. The number of aryl methyl sites for hydroxylation is 1. The molecule has 130 valence electrons. The first kappa shape index (κ1) is 17.8. The van der Waals surface area contributed by atoms with Crippen LogP contribution in [0.1, 0.15) is 43.7 Å². The van der Waals surface area contributed by atoms with E-state index in [4.69, 9.17) is 0 Å². The summed E-state index contributed by atoms with van der Waals surface area (Å²) in [5.41, 5.74) is 2.66. The number of aromatic nitrogens is 1. The van der Waals surface area contributed by atoms with Crippen LogP contribution >= 0.6 is 11.8 Å². The third-order valence-corrected chi connectivity index (χ3v) is 5.64. The van der Waals surface area contributed by atoms with Crippen molar-refractivity contribution in [2.75, 3.05) is 18.8 Å². The van der Waals surface area contributed by atoms with Gasteiger partial charge in [-0.3, -0.25) is 4.79 Å². The summed E-state index contributed by atoms with van der Waals surface area (Å²) in [5, 5.41) is 11.1. The first-order valence-corrected chi connectivity index (χ1v) is 9.94. The largest absolute Gasteiger partial charge is 0.342 e. The Hall–Kier alpha value is -2.06. The van der Waals surface area contributed by atoms with E-state index in [2.05, 4.69) is 30.1 Å². The molecule has 4 nitrogen and oxygen atoms in total. The molecule has 0 N–H and O–H groups in total. The summed E-state index contributed by atoms with van der Waals surface area (Å²) in [7, 11) is 0. The Bertz CT molecular complexity index is 804. The number of thioether (sulfide) groups is 1. The predicted octanol–water partition coefficient (Wildman–Crippen LogP) is 4.16. The van der Waals surface area contributed by atoms with Gasteiger partial charge < -0.3 is 4.90 Å². The molecule has 2 heterocycles. The quantitative estimate of drug-likeness (QED) is 0.774. The van der Waals surface area contributed by atoms with E-state index in [1.165, 1.54) is 30.2 Å². The molecule has 1 aliphatic heterocycles. The predicted molar refractivity (Wildman–Crippen MR) is 102 cm³/mol. The van der Waals surface area contributed by atoms with Gasteiger partial charge in [0.15, 0.2) is 0 Å². The molecule has 1 amide bonds. The normalized spacial score (nSPS) is 15.0. The number of fused-ring (bicyclic) bond motifs is 1. The number of rotatable bonds is 4. The van der Waals surface area contributed by atoms with E-state index in [0.29, 0.717) is 16.3 Å². The smallest absolute Gasteiger partial charge is 0.232 e. The van der Waals surface area contributed by atoms with Gasteiger partial charge in [0.25, 0.3) is 0 Å². The zero-order chi connectivity index (χ0) is 17.6. The highest BCUT2D eigenvalue weighted by Crippen LogP contribution is 2.26. The first-order chi connectivity index (χ1) is 12.2. The minimum atomic E-state index is 0.152. The summed E-state index contributed by atoms with van der Waals surface area (Å²) in [4.78, 5) is 19.1. The number of hydrogen-bond donors (Lipinski definition) is 0. The van der Waals surface area contributed by atoms with Crippen molar-refractivity contribution in [2.45, 2.75) is 44.1 Å². The molecular formula is C20H23N3OS. The molecule has 25 heavy (non-hydrogen) atoms. The highest BCUT2D eigenvalue weighted by molar-refractivity contribution is 8.00. The van der Waals surface area contributed by atoms with E-state index >= 15 is 0 Å². The molecule has 5 heteroatoms. The van der Waals surface area contributed by atoms with Crippen LogP contribution in [0.2, 0.25) is 0 Å². The van der Waals surface area contributed by atoms with Crippen LogP contribution in [0.4, 0.5) is 0 Å². The molecule has 1 saturated heterocycles. The van der Waals surface area contributed by atoms with Crippen molar-refractivity contribution >= 4 is 28.6 Å². The second kappa shape index (κ2) is 8.35. The lowest BCUT2D eigenvalue weighted by molar-refractivity contribution is -0.128. The van der Waals surface area contributed by atoms with Crippen LogP contribution < -0.4 is 0 Å². The van der Waals surface area contributed by atoms with Gasteiger partial charge >= 0.3 is 0 Å². The summed E-state index contributed by atoms with van der Waals surface area (Å²) in [5.74, 6) is 0.499. The molecule has 0 radical (unpaired) electrons. The second-order valence-corrected chi connectivity index (χ2v) is 7.38. The van der Waals surface area contributed by atoms with Crippen molar-refractivity contribution < 1.29 is 4.79 Å². The Kier molecular flexibility index (Phi) is 5.93. The maximum atomic E-state index is 12.5. The van der Waals surface area contributed by atoms with Crippen molar-refractivity contribution in [3.8, 4) is 6.07 Å². The molecule has 0 unspecified atom stereocenters. The van der Waals surface area contributed by atoms with Crippen LogP contribution in [0.3, 0.4) is 0 Å². The van der Waals surface area contributed by atoms with E-state index in [1.807, 2.05) is 17.0 Å². The highest BCUT2D eigenvalue weighted by atomic mass is 32.2. The molecule has 1 fully saturated rings. The lowest BCUT2D eigenvalue weighted by Crippen LogP contribution is -2.33. The van der Waals surface area contributed by atoms with Crippen LogP contribution in [0.25, 0.3) is 10.9 Å². The molecular weight excluding hydrogens is 330 g/mol. The van der Waals surface area contributed by atoms with E-state index < -0.39 is 0 Å². The van der Waals surface area contributed by atoms with E-state index in [1.54, 1.807) is 0 Å². The van der Waals surface area contributed by atoms with Gasteiger partial charge in [0, 0.05) is 18.5 Å². The summed E-state index contributed by atoms with van der Waals surface area (Å²) >= 11 is 1.38. The SMILES string of the molecule is CCc1ccc2nc(SCC(=O)N3CCCCCC3)c(C#N)cc2c1. The Morgan fingerprint density at radius 3 is 2.68 bits per heavy atom. The van der Waals surface area contributed by atoms with Crippen LogP contribution in [-0.2, 0) is 11.2 Å². The average Bonchev–Trinajstić information content (AvgIpc) is 2.94. The Labute approximate surface area is 153 Å². The second-order valence-electron chi connectivity index (χ2n) is 6.42. The van der Waals surface area contributed by atoms with Gasteiger partial charge in [0.1, 0.15) is 11.1 Å². The number of carbonyl (C=O) groups is 1. The van der Waals surface area contributed by atoms with E-state index in [-0.39, 0.29) is 5.91 Å². The number of hydrogen-bond acceptors (Lipinski definition) is 4. The van der Waals surface area contributed by atoms with Crippen molar-refractivity contribution in [1.82, 2.24) is 9.88 Å². The van der Waals surface area contributed by atoms with Crippen molar-refractivity contribution in [2.24, 2.45) is 0 Å². The van der Waals surface area contributed by atoms with Crippen molar-refractivity contribution in [3.05, 3.63) is 35.4 Å². The maximum Gasteiger partial charge on any atom is 0.232 e. The van der Waals surface area contributed by atoms with Crippen LogP contribution in [0.15, 0.2) is 29.3 Å². The lowest BCUT2D eigenvalue weighted by atomic mass is 10.1. The van der Waals surface area contributed by atoms with Gasteiger partial charge in [0.2, 0.25) is 5.91 Å². The monoisotopic (exact) mass is 353 g/mol. The topological polar surface area (TPSA) is 57.0 Å². The summed E-state index contributed by atoms with van der Waals surface area (Å²) in [6, 6.07) is 10.3. The summed E-state index contributed by atoms with van der Waals surface area (Å²) in [6.07, 6.45) is 5.56. The van der Waals surface area contributed by atoms with Gasteiger partial charge in [-0.25, -0.2) is 4.98 Å². The molecule has 2 aromatic rings. The molecule has 0 aliphatic carbocycles. The molecule has 0 bridgehead atoms. The fourth-order valence-corrected chi connectivity index (χ4v) is 4.03. The maximum absolute atomic E-state index is 12.5. The number of benzene rings is 1. The number of amides is 1. The first-order valence-electron chi connectivity index (χ1n) is 8.95. The Morgan fingerprint density at radius 1 is 1.24 bits per heavy atom. The molecule has 0 spiro atoms. The minimum absolute atomic E-state index is 0.152. The molecule has 0 saturated carbocycles. The minimum Gasteiger partial charge on any atom is -0.342 e. The van der Waals surface area contributed by atoms with Gasteiger partial charge in [-0.2, -0.15) is 5.26 Å². The van der Waals surface area contributed by atoms with Crippen LogP contribution in [0.5, 0.6) is 0 Å². The van der Waals surface area contributed by atoms with Crippen molar-refractivity contribution in [3.63, 3.8) is 0 Å². The highest BCUT2D eigenvalue weighted by Gasteiger charge is 2.17. The van der Waals surface area contributed by atoms with Gasteiger partial charge in [0.05, 0.1) is 16.8 Å². The number of nitrogens with zero attached hydrogens (tertiary/aromatic N) is 3. The molecule has 1 aromatic heterocycles. The van der Waals surface area contributed by atoms with Gasteiger partial charge in [-0.1, -0.05) is 37.6 Å². The molecule has 3 rings (SSSR count). The van der Waals surface area contributed by atoms with E-state index in [9.17, 15) is 10.1 Å². The Morgan fingerprint density at radius 2 is 2.00 bits per heavy atom. The zero-order valence-corrected chi connectivity index (χ0v) is 15.4.